The molecule has 0 rings (SSSR count). The van der Waals surface area contributed by atoms with E-state index in [-0.39, 0.29) is 12.5 Å². The minimum absolute atomic E-state index is 0.216. The standard InChI is InChI=1S/C39H75N3O9/c1-12-13-14-15-16-17-18-19-20-21-22-23-30(28(7)34(45)27(6)24-43)50-37(48)32(26(4)5)40-36(47)33(29(8)44)41-35(46)31(25(2)3)42-38(49)51-39(9,10)11/h25-34,43-45H,12-24H2,1-11H3,(H,40,47)(H,41,46)(H,42,49)/t27-,28-,29+,30+,31-,32-,33-,34-/m0/s1. The van der Waals surface area contributed by atoms with Gasteiger partial charge in [0.2, 0.25) is 11.8 Å². The Morgan fingerprint density at radius 1 is 0.647 bits per heavy atom. The van der Waals surface area contributed by atoms with Crippen LogP contribution in [0.4, 0.5) is 4.79 Å². The average molecular weight is 730 g/mol. The fraction of sp³-hybridized carbons (Fsp3) is 0.897. The molecule has 0 heterocycles. The van der Waals surface area contributed by atoms with Gasteiger partial charge in [-0.15, -0.1) is 0 Å². The Morgan fingerprint density at radius 3 is 1.53 bits per heavy atom. The summed E-state index contributed by atoms with van der Waals surface area (Å²) in [5.41, 5.74) is -0.788. The first-order valence-electron chi connectivity index (χ1n) is 19.5. The fourth-order valence-electron chi connectivity index (χ4n) is 5.87. The molecule has 0 aromatic carbocycles. The number of rotatable bonds is 26. The van der Waals surface area contributed by atoms with Crippen LogP contribution in [0.25, 0.3) is 0 Å². The van der Waals surface area contributed by atoms with Gasteiger partial charge in [0.1, 0.15) is 29.8 Å². The average Bonchev–Trinajstić information content (AvgIpc) is 3.04. The number of aliphatic hydroxyl groups is 3. The maximum atomic E-state index is 13.7. The van der Waals surface area contributed by atoms with Gasteiger partial charge in [-0.1, -0.05) is 113 Å². The zero-order valence-electron chi connectivity index (χ0n) is 33.8. The van der Waals surface area contributed by atoms with Crippen LogP contribution in [-0.2, 0) is 23.9 Å². The maximum Gasteiger partial charge on any atom is 0.408 e. The molecule has 0 saturated carbocycles. The maximum absolute atomic E-state index is 13.7. The van der Waals surface area contributed by atoms with E-state index in [4.69, 9.17) is 9.47 Å². The van der Waals surface area contributed by atoms with Gasteiger partial charge in [-0.05, 0) is 52.4 Å². The quantitative estimate of drug-likeness (QED) is 0.0475. The summed E-state index contributed by atoms with van der Waals surface area (Å²) in [6.45, 7) is 18.9. The lowest BCUT2D eigenvalue weighted by molar-refractivity contribution is -0.160. The Kier molecular flexibility index (Phi) is 24.3. The molecule has 8 atom stereocenters. The van der Waals surface area contributed by atoms with Gasteiger partial charge in [-0.2, -0.15) is 0 Å². The smallest absolute Gasteiger partial charge is 0.408 e. The molecule has 0 aliphatic rings. The highest BCUT2D eigenvalue weighted by Crippen LogP contribution is 2.25. The Bertz CT molecular complexity index is 999. The van der Waals surface area contributed by atoms with Gasteiger partial charge < -0.3 is 40.7 Å². The van der Waals surface area contributed by atoms with Gasteiger partial charge in [0.05, 0.1) is 12.2 Å². The van der Waals surface area contributed by atoms with Crippen LogP contribution in [0.5, 0.6) is 0 Å². The third-order valence-corrected chi connectivity index (χ3v) is 9.26. The largest absolute Gasteiger partial charge is 0.460 e. The van der Waals surface area contributed by atoms with Crippen LogP contribution in [0.15, 0.2) is 0 Å². The van der Waals surface area contributed by atoms with Crippen LogP contribution in [0.2, 0.25) is 0 Å². The molecule has 0 aliphatic heterocycles. The number of ether oxygens (including phenoxy) is 2. The van der Waals surface area contributed by atoms with Crippen molar-refractivity contribution in [2.24, 2.45) is 23.7 Å². The second kappa shape index (κ2) is 25.5. The topological polar surface area (TPSA) is 184 Å². The third-order valence-electron chi connectivity index (χ3n) is 9.26. The molecular weight excluding hydrogens is 654 g/mol. The van der Waals surface area contributed by atoms with Crippen molar-refractivity contribution in [3.8, 4) is 0 Å². The molecule has 51 heavy (non-hydrogen) atoms. The van der Waals surface area contributed by atoms with Crippen LogP contribution in [-0.4, -0.2) is 87.8 Å². The van der Waals surface area contributed by atoms with Crippen molar-refractivity contribution < 1.29 is 44.0 Å². The van der Waals surface area contributed by atoms with E-state index in [1.165, 1.54) is 51.9 Å². The molecule has 300 valence electrons. The predicted molar refractivity (Wildman–Crippen MR) is 201 cm³/mol. The number of esters is 1. The Labute approximate surface area is 309 Å². The first-order valence-corrected chi connectivity index (χ1v) is 19.5. The van der Waals surface area contributed by atoms with Crippen molar-refractivity contribution >= 4 is 23.9 Å². The van der Waals surface area contributed by atoms with Gasteiger partial charge in [0.25, 0.3) is 0 Å². The molecule has 0 fully saturated rings. The number of nitrogens with one attached hydrogen (secondary N) is 3. The Morgan fingerprint density at radius 2 is 1.10 bits per heavy atom. The molecule has 12 nitrogen and oxygen atoms in total. The zero-order valence-corrected chi connectivity index (χ0v) is 33.8. The van der Waals surface area contributed by atoms with E-state index in [1.807, 2.05) is 0 Å². The fourth-order valence-corrected chi connectivity index (χ4v) is 5.87. The minimum atomic E-state index is -1.44. The lowest BCUT2D eigenvalue weighted by Crippen LogP contribution is -2.60. The highest BCUT2D eigenvalue weighted by molar-refractivity contribution is 5.93. The van der Waals surface area contributed by atoms with E-state index in [0.29, 0.717) is 6.42 Å². The van der Waals surface area contributed by atoms with Gasteiger partial charge in [-0.3, -0.25) is 9.59 Å². The molecule has 0 radical (unpaired) electrons. The van der Waals surface area contributed by atoms with Crippen LogP contribution < -0.4 is 16.0 Å². The second-order valence-electron chi connectivity index (χ2n) is 16.1. The summed E-state index contributed by atoms with van der Waals surface area (Å²) >= 11 is 0. The number of hydrogen-bond acceptors (Lipinski definition) is 9. The minimum Gasteiger partial charge on any atom is -0.460 e. The summed E-state index contributed by atoms with van der Waals surface area (Å²) in [6.07, 6.45) is 9.67. The molecule has 6 N–H and O–H groups in total. The molecule has 0 bridgehead atoms. The Balaban J connectivity index is 5.63. The molecule has 0 unspecified atom stereocenters. The van der Waals surface area contributed by atoms with Crippen molar-refractivity contribution in [1.82, 2.24) is 16.0 Å². The third kappa shape index (κ3) is 20.4. The van der Waals surface area contributed by atoms with Gasteiger partial charge in [0, 0.05) is 18.4 Å². The van der Waals surface area contributed by atoms with Crippen molar-refractivity contribution in [3.05, 3.63) is 0 Å². The Hall–Kier alpha value is -2.44. The number of alkyl carbamates (subject to hydrolysis) is 1. The summed E-state index contributed by atoms with van der Waals surface area (Å²) in [5, 5.41) is 38.8. The van der Waals surface area contributed by atoms with Crippen molar-refractivity contribution in [1.29, 1.82) is 0 Å². The monoisotopic (exact) mass is 730 g/mol. The van der Waals surface area contributed by atoms with Gasteiger partial charge >= 0.3 is 12.1 Å². The number of amides is 3. The molecule has 3 amide bonds. The van der Waals surface area contributed by atoms with Crippen LogP contribution >= 0.6 is 0 Å². The highest BCUT2D eigenvalue weighted by atomic mass is 16.6. The first kappa shape index (κ1) is 48.6. The zero-order chi connectivity index (χ0) is 39.3. The van der Waals surface area contributed by atoms with Crippen molar-refractivity contribution in [3.63, 3.8) is 0 Å². The SMILES string of the molecule is CCCCCCCCCCCCC[C@@H](OC(=O)[C@@H](NC(=O)[C@@H](NC(=O)[C@@H](NC(=O)OC(C)(C)C)C(C)C)[C@@H](C)O)C(C)C)[C@H](C)[C@@H](O)[C@@H](C)CO. The number of carbonyl (C=O) groups excluding carboxylic acids is 4. The predicted octanol–water partition coefficient (Wildman–Crippen LogP) is 5.78. The van der Waals surface area contributed by atoms with E-state index in [1.54, 1.807) is 62.3 Å². The van der Waals surface area contributed by atoms with Crippen LogP contribution in [0.1, 0.15) is 153 Å². The van der Waals surface area contributed by atoms with Crippen molar-refractivity contribution in [2.75, 3.05) is 6.61 Å². The van der Waals surface area contributed by atoms with E-state index in [0.717, 1.165) is 25.7 Å². The summed E-state index contributed by atoms with van der Waals surface area (Å²) in [5.74, 6) is -3.87. The molecule has 0 aromatic rings. The van der Waals surface area contributed by atoms with E-state index in [9.17, 15) is 34.5 Å². The molecule has 0 aromatic heterocycles. The van der Waals surface area contributed by atoms with Crippen LogP contribution in [0.3, 0.4) is 0 Å². The van der Waals surface area contributed by atoms with E-state index in [2.05, 4.69) is 22.9 Å². The van der Waals surface area contributed by atoms with Gasteiger partial charge in [-0.25, -0.2) is 9.59 Å². The molecule has 12 heteroatoms. The normalized spacial score (nSPS) is 16.7. The summed E-state index contributed by atoms with van der Waals surface area (Å²) in [4.78, 5) is 52.9. The lowest BCUT2D eigenvalue weighted by atomic mass is 9.87. The highest BCUT2D eigenvalue weighted by Gasteiger charge is 2.37. The van der Waals surface area contributed by atoms with Crippen LogP contribution in [0, 0.1) is 23.7 Å². The molecule has 0 saturated heterocycles. The van der Waals surface area contributed by atoms with Gasteiger partial charge in [0.15, 0.2) is 0 Å². The van der Waals surface area contributed by atoms with E-state index >= 15 is 0 Å². The number of hydrogen-bond donors (Lipinski definition) is 6. The molecular formula is C39H75N3O9. The summed E-state index contributed by atoms with van der Waals surface area (Å²) in [7, 11) is 0. The number of carbonyl (C=O) groups is 4. The molecule has 0 spiro atoms. The first-order chi connectivity index (χ1) is 23.8. The number of unbranched alkanes of at least 4 members (excludes halogenated alkanes) is 10. The number of aliphatic hydroxyl groups excluding tert-OH is 3. The van der Waals surface area contributed by atoms with Crippen molar-refractivity contribution in [2.45, 2.75) is 195 Å². The second-order valence-corrected chi connectivity index (χ2v) is 16.1. The summed E-state index contributed by atoms with van der Waals surface area (Å²) < 4.78 is 11.3. The lowest BCUT2D eigenvalue weighted by Gasteiger charge is -2.33. The van der Waals surface area contributed by atoms with E-state index < -0.39 is 83.7 Å². The summed E-state index contributed by atoms with van der Waals surface area (Å²) in [6, 6.07) is -3.62. The molecule has 0 aliphatic carbocycles.